The van der Waals surface area contributed by atoms with E-state index in [0.717, 1.165) is 0 Å². The average Bonchev–Trinajstić information content (AvgIpc) is 2.63. The van der Waals surface area contributed by atoms with Crippen LogP contribution < -0.4 is 0 Å². The molecule has 126 valence electrons. The van der Waals surface area contributed by atoms with Crippen LogP contribution in [0, 0.1) is 0 Å². The second-order valence-corrected chi connectivity index (χ2v) is 5.35. The van der Waals surface area contributed by atoms with Crippen LogP contribution >= 0.6 is 0 Å². The van der Waals surface area contributed by atoms with E-state index in [4.69, 9.17) is 5.11 Å². The third-order valence-electron chi connectivity index (χ3n) is 3.42. The summed E-state index contributed by atoms with van der Waals surface area (Å²) in [6.07, 6.45) is 0. The smallest absolute Gasteiger partial charge is 0.193 e. The Balaban J connectivity index is 0.000000196. The van der Waals surface area contributed by atoms with E-state index in [-0.39, 0.29) is 23.1 Å². The highest BCUT2D eigenvalue weighted by atomic mass is 16.3. The maximum Gasteiger partial charge on any atom is 0.193 e. The van der Waals surface area contributed by atoms with E-state index in [0.29, 0.717) is 16.7 Å². The van der Waals surface area contributed by atoms with Crippen molar-refractivity contribution in [3.05, 3.63) is 95.6 Å². The molecule has 0 saturated heterocycles. The molecule has 4 heteroatoms. The molecule has 3 aromatic rings. The Morgan fingerprint density at radius 1 is 0.640 bits per heavy atom. The molecule has 2 N–H and O–H groups in total. The quantitative estimate of drug-likeness (QED) is 0.703. The van der Waals surface area contributed by atoms with Gasteiger partial charge in [-0.25, -0.2) is 0 Å². The predicted octanol–water partition coefficient (Wildman–Crippen LogP) is 4.22. The maximum atomic E-state index is 11.9. The molecule has 0 aliphatic carbocycles. The van der Waals surface area contributed by atoms with Crippen molar-refractivity contribution in [2.75, 3.05) is 0 Å². The van der Waals surface area contributed by atoms with Crippen LogP contribution in [0.15, 0.2) is 78.9 Å². The summed E-state index contributed by atoms with van der Waals surface area (Å²) < 4.78 is 0. The number of benzene rings is 3. The van der Waals surface area contributed by atoms with Crippen molar-refractivity contribution in [2.24, 2.45) is 0 Å². The Morgan fingerprint density at radius 2 is 1.24 bits per heavy atom. The lowest BCUT2D eigenvalue weighted by atomic mass is 10.0. The van der Waals surface area contributed by atoms with Gasteiger partial charge in [0.05, 0.1) is 0 Å². The Hall–Kier alpha value is -3.40. The Bertz CT molecular complexity index is 853. The largest absolute Gasteiger partial charge is 0.508 e. The zero-order valence-electron chi connectivity index (χ0n) is 13.7. The van der Waals surface area contributed by atoms with E-state index >= 15 is 0 Å². The number of carbonyl (C=O) groups is 2. The molecule has 0 heterocycles. The lowest BCUT2D eigenvalue weighted by Gasteiger charge is -2.00. The zero-order chi connectivity index (χ0) is 18.2. The van der Waals surface area contributed by atoms with Crippen LogP contribution in [0.2, 0.25) is 0 Å². The van der Waals surface area contributed by atoms with Gasteiger partial charge in [-0.3, -0.25) is 9.59 Å². The number of phenols is 2. The van der Waals surface area contributed by atoms with Gasteiger partial charge in [0.1, 0.15) is 11.5 Å². The molecule has 0 spiro atoms. The molecule has 25 heavy (non-hydrogen) atoms. The minimum Gasteiger partial charge on any atom is -0.508 e. The fourth-order valence-corrected chi connectivity index (χ4v) is 2.10. The van der Waals surface area contributed by atoms with Gasteiger partial charge >= 0.3 is 0 Å². The van der Waals surface area contributed by atoms with E-state index in [1.165, 1.54) is 25.1 Å². The van der Waals surface area contributed by atoms with Crippen LogP contribution in [-0.4, -0.2) is 21.8 Å². The first kappa shape index (κ1) is 17.9. The highest BCUT2D eigenvalue weighted by Gasteiger charge is 2.08. The van der Waals surface area contributed by atoms with Gasteiger partial charge in [-0.05, 0) is 43.3 Å². The van der Waals surface area contributed by atoms with Crippen molar-refractivity contribution in [1.82, 2.24) is 0 Å². The molecule has 0 atom stereocenters. The molecule has 3 aromatic carbocycles. The van der Waals surface area contributed by atoms with Crippen molar-refractivity contribution in [3.63, 3.8) is 0 Å². The summed E-state index contributed by atoms with van der Waals surface area (Å²) in [6, 6.07) is 21.5. The van der Waals surface area contributed by atoms with Crippen LogP contribution in [0.4, 0.5) is 0 Å². The SMILES string of the molecule is CC(=O)c1ccc(O)cc1.O=C(c1ccccc1)c1cccc(O)c1. The molecule has 3 rings (SSSR count). The third-order valence-corrected chi connectivity index (χ3v) is 3.42. The predicted molar refractivity (Wildman–Crippen MR) is 96.1 cm³/mol. The summed E-state index contributed by atoms with van der Waals surface area (Å²) in [5.41, 5.74) is 1.75. The van der Waals surface area contributed by atoms with E-state index in [1.807, 2.05) is 18.2 Å². The first-order chi connectivity index (χ1) is 12.0. The van der Waals surface area contributed by atoms with Crippen molar-refractivity contribution >= 4 is 11.6 Å². The van der Waals surface area contributed by atoms with Crippen LogP contribution in [0.1, 0.15) is 33.2 Å². The van der Waals surface area contributed by atoms with Crippen molar-refractivity contribution in [1.29, 1.82) is 0 Å². The molecule has 0 bridgehead atoms. The normalized spacial score (nSPS) is 9.64. The number of phenolic OH excluding ortho intramolecular Hbond substituents is 2. The van der Waals surface area contributed by atoms with Gasteiger partial charge in [0.15, 0.2) is 11.6 Å². The molecule has 0 aromatic heterocycles. The first-order valence-electron chi connectivity index (χ1n) is 7.66. The van der Waals surface area contributed by atoms with Crippen LogP contribution in [0.3, 0.4) is 0 Å². The number of hydrogen-bond donors (Lipinski definition) is 2. The Morgan fingerprint density at radius 3 is 1.80 bits per heavy atom. The fraction of sp³-hybridized carbons (Fsp3) is 0.0476. The molecule has 0 aliphatic heterocycles. The van der Waals surface area contributed by atoms with Gasteiger partial charge in [-0.1, -0.05) is 42.5 Å². The summed E-state index contributed by atoms with van der Waals surface area (Å²) in [5.74, 6) is 0.230. The highest BCUT2D eigenvalue weighted by Crippen LogP contribution is 2.15. The molecule has 0 unspecified atom stereocenters. The first-order valence-corrected chi connectivity index (χ1v) is 7.66. The van der Waals surface area contributed by atoms with Gasteiger partial charge in [0.2, 0.25) is 0 Å². The third kappa shape index (κ3) is 5.32. The lowest BCUT2D eigenvalue weighted by Crippen LogP contribution is -2.00. The molecular weight excluding hydrogens is 316 g/mol. The lowest BCUT2D eigenvalue weighted by molar-refractivity contribution is 0.101. The van der Waals surface area contributed by atoms with Gasteiger partial charge in [0, 0.05) is 16.7 Å². The molecular formula is C21H18O4. The molecule has 0 radical (unpaired) electrons. The zero-order valence-corrected chi connectivity index (χ0v) is 13.7. The number of Topliss-reactive ketones (excluding diaryl/α,β-unsaturated/α-hetero) is 1. The summed E-state index contributed by atoms with van der Waals surface area (Å²) in [7, 11) is 0. The monoisotopic (exact) mass is 334 g/mol. The van der Waals surface area contributed by atoms with Gasteiger partial charge in [0.25, 0.3) is 0 Å². The van der Waals surface area contributed by atoms with Crippen LogP contribution in [0.25, 0.3) is 0 Å². The van der Waals surface area contributed by atoms with Gasteiger partial charge in [-0.15, -0.1) is 0 Å². The Kier molecular flexibility index (Phi) is 6.07. The fourth-order valence-electron chi connectivity index (χ4n) is 2.10. The summed E-state index contributed by atoms with van der Waals surface area (Å²) in [5, 5.41) is 18.1. The van der Waals surface area contributed by atoms with E-state index in [1.54, 1.807) is 42.5 Å². The number of carbonyl (C=O) groups excluding carboxylic acids is 2. The second kappa shape index (κ2) is 8.45. The molecule has 0 amide bonds. The van der Waals surface area contributed by atoms with Gasteiger partial charge < -0.3 is 10.2 Å². The van der Waals surface area contributed by atoms with E-state index in [2.05, 4.69) is 0 Å². The number of rotatable bonds is 3. The number of ketones is 2. The molecule has 0 aliphatic rings. The maximum absolute atomic E-state index is 11.9. The molecule has 4 nitrogen and oxygen atoms in total. The summed E-state index contributed by atoms with van der Waals surface area (Å²) in [6.45, 7) is 1.49. The minimum atomic E-state index is -0.0773. The summed E-state index contributed by atoms with van der Waals surface area (Å²) >= 11 is 0. The van der Waals surface area contributed by atoms with Crippen LogP contribution in [0.5, 0.6) is 11.5 Å². The second-order valence-electron chi connectivity index (χ2n) is 5.35. The Labute approximate surface area is 146 Å². The minimum absolute atomic E-state index is 0.0139. The molecule has 0 fully saturated rings. The summed E-state index contributed by atoms with van der Waals surface area (Å²) in [4.78, 5) is 22.6. The standard InChI is InChI=1S/C13H10O2.C8H8O2/c14-12-8-4-7-11(9-12)13(15)10-5-2-1-3-6-10;1-6(9)7-2-4-8(10)5-3-7/h1-9,14H;2-5,10H,1H3. The highest BCUT2D eigenvalue weighted by molar-refractivity contribution is 6.09. The van der Waals surface area contributed by atoms with Crippen LogP contribution in [-0.2, 0) is 0 Å². The van der Waals surface area contributed by atoms with Crippen molar-refractivity contribution in [2.45, 2.75) is 6.92 Å². The average molecular weight is 334 g/mol. The van der Waals surface area contributed by atoms with E-state index < -0.39 is 0 Å². The van der Waals surface area contributed by atoms with Crippen molar-refractivity contribution in [3.8, 4) is 11.5 Å². The topological polar surface area (TPSA) is 74.6 Å². The number of hydrogen-bond acceptors (Lipinski definition) is 4. The number of aromatic hydroxyl groups is 2. The molecule has 0 saturated carbocycles. The van der Waals surface area contributed by atoms with Gasteiger partial charge in [-0.2, -0.15) is 0 Å². The van der Waals surface area contributed by atoms with Crippen molar-refractivity contribution < 1.29 is 19.8 Å². The van der Waals surface area contributed by atoms with E-state index in [9.17, 15) is 14.7 Å².